The van der Waals surface area contributed by atoms with Gasteiger partial charge in [-0.1, -0.05) is 0 Å². The van der Waals surface area contributed by atoms with Crippen molar-refractivity contribution >= 4 is 12.0 Å². The van der Waals surface area contributed by atoms with Gasteiger partial charge in [0.1, 0.15) is 6.10 Å². The van der Waals surface area contributed by atoms with E-state index in [9.17, 15) is 9.90 Å². The third kappa shape index (κ3) is 3.26. The lowest BCUT2D eigenvalue weighted by molar-refractivity contribution is -0.135. The van der Waals surface area contributed by atoms with Crippen molar-refractivity contribution in [1.82, 2.24) is 14.9 Å². The summed E-state index contributed by atoms with van der Waals surface area (Å²) in [7, 11) is 3.31. The third-order valence-corrected chi connectivity index (χ3v) is 3.84. The molecule has 3 atom stereocenters. The molecule has 2 N–H and O–H groups in total. The molecule has 0 bridgehead atoms. The van der Waals surface area contributed by atoms with Gasteiger partial charge in [-0.15, -0.1) is 0 Å². The van der Waals surface area contributed by atoms with E-state index in [1.807, 2.05) is 0 Å². The lowest BCUT2D eigenvalue weighted by atomic mass is 9.89. The summed E-state index contributed by atoms with van der Waals surface area (Å²) in [5.41, 5.74) is 0.769. The number of nitrogens with one attached hydrogen (secondary N) is 1. The second kappa shape index (κ2) is 6.67. The number of nitrogens with zero attached hydrogens (tertiary/aromatic N) is 2. The Morgan fingerprint density at radius 3 is 3.05 bits per heavy atom. The maximum absolute atomic E-state index is 12.1. The van der Waals surface area contributed by atoms with Crippen LogP contribution in [0.25, 0.3) is 6.08 Å². The Balaban J connectivity index is 1.99. The number of imidazole rings is 1. The molecule has 1 saturated carbocycles. The molecule has 6 nitrogen and oxygen atoms in total. The molecule has 110 valence electrons. The zero-order chi connectivity index (χ0) is 14.5. The monoisotopic (exact) mass is 279 g/mol. The molecule has 1 fully saturated rings. The van der Waals surface area contributed by atoms with Gasteiger partial charge < -0.3 is 19.7 Å². The molecule has 0 spiro atoms. The fraction of sp³-hybridized carbons (Fsp3) is 0.571. The summed E-state index contributed by atoms with van der Waals surface area (Å²) in [6.07, 6.45) is 8.10. The fourth-order valence-electron chi connectivity index (χ4n) is 2.60. The van der Waals surface area contributed by atoms with Crippen molar-refractivity contribution < 1.29 is 14.6 Å². The Morgan fingerprint density at radius 2 is 2.40 bits per heavy atom. The highest BCUT2D eigenvalue weighted by Gasteiger charge is 2.35. The number of H-pyrrole nitrogens is 1. The summed E-state index contributed by atoms with van der Waals surface area (Å²) in [6, 6.07) is -0.201. The molecule has 1 amide bonds. The van der Waals surface area contributed by atoms with Crippen molar-refractivity contribution in [2.75, 3.05) is 14.2 Å². The number of hydrogen-bond donors (Lipinski definition) is 2. The molecule has 1 heterocycles. The van der Waals surface area contributed by atoms with Gasteiger partial charge in [-0.25, -0.2) is 4.98 Å². The Hall–Kier alpha value is -1.66. The Kier molecular flexibility index (Phi) is 4.92. The van der Waals surface area contributed by atoms with Gasteiger partial charge in [-0.05, 0) is 25.3 Å². The van der Waals surface area contributed by atoms with Gasteiger partial charge in [0, 0.05) is 20.2 Å². The number of carbonyl (C=O) groups is 1. The number of likely N-dealkylation sites (N-methyl/N-ethyl adjacent to an activating group) is 1. The van der Waals surface area contributed by atoms with Crippen molar-refractivity contribution in [2.24, 2.45) is 0 Å². The topological polar surface area (TPSA) is 78.5 Å². The largest absolute Gasteiger partial charge is 0.388 e. The van der Waals surface area contributed by atoms with Crippen LogP contribution < -0.4 is 0 Å². The molecule has 1 aromatic heterocycles. The van der Waals surface area contributed by atoms with Crippen LogP contribution in [0.4, 0.5) is 0 Å². The Labute approximate surface area is 118 Å². The summed E-state index contributed by atoms with van der Waals surface area (Å²) in [6.45, 7) is 0. The molecule has 2 rings (SSSR count). The average molecular weight is 279 g/mol. The van der Waals surface area contributed by atoms with Crippen LogP contribution >= 0.6 is 0 Å². The quantitative estimate of drug-likeness (QED) is 0.799. The highest BCUT2D eigenvalue weighted by atomic mass is 16.5. The van der Waals surface area contributed by atoms with Crippen molar-refractivity contribution in [1.29, 1.82) is 0 Å². The molecular formula is C14H21N3O3. The van der Waals surface area contributed by atoms with E-state index in [1.165, 1.54) is 6.08 Å². The van der Waals surface area contributed by atoms with Gasteiger partial charge in [0.2, 0.25) is 5.91 Å². The first kappa shape index (κ1) is 14.7. The van der Waals surface area contributed by atoms with E-state index < -0.39 is 6.10 Å². The molecule has 0 unspecified atom stereocenters. The van der Waals surface area contributed by atoms with Crippen LogP contribution in [0.5, 0.6) is 0 Å². The highest BCUT2D eigenvalue weighted by Crippen LogP contribution is 2.25. The smallest absolute Gasteiger partial charge is 0.246 e. The van der Waals surface area contributed by atoms with Gasteiger partial charge in [-0.3, -0.25) is 4.79 Å². The number of methoxy groups -OCH3 is 1. The van der Waals surface area contributed by atoms with Crippen molar-refractivity contribution in [3.8, 4) is 0 Å². The maximum atomic E-state index is 12.1. The fourth-order valence-corrected chi connectivity index (χ4v) is 2.60. The molecule has 1 aliphatic carbocycles. The predicted molar refractivity (Wildman–Crippen MR) is 74.8 cm³/mol. The standard InChI is InChI=1S/C14H21N3O3/c1-17(11-4-3-5-12(20-2)14(11)19)13(18)7-6-10-8-15-9-16-10/h6-9,11-12,14,19H,3-5H2,1-2H3,(H,15,16)/b7-6+/t11-,12-,14-/m1/s1. The lowest BCUT2D eigenvalue weighted by Gasteiger charge is -2.38. The first-order chi connectivity index (χ1) is 9.63. The number of rotatable bonds is 4. The van der Waals surface area contributed by atoms with Crippen LogP contribution in [0.1, 0.15) is 25.0 Å². The second-order valence-electron chi connectivity index (χ2n) is 5.05. The van der Waals surface area contributed by atoms with Gasteiger partial charge >= 0.3 is 0 Å². The van der Waals surface area contributed by atoms with E-state index in [-0.39, 0.29) is 18.1 Å². The Morgan fingerprint density at radius 1 is 1.60 bits per heavy atom. The van der Waals surface area contributed by atoms with Gasteiger partial charge in [0.15, 0.2) is 0 Å². The van der Waals surface area contributed by atoms with E-state index in [2.05, 4.69) is 9.97 Å². The first-order valence-electron chi connectivity index (χ1n) is 6.77. The summed E-state index contributed by atoms with van der Waals surface area (Å²) < 4.78 is 5.26. The summed E-state index contributed by atoms with van der Waals surface area (Å²) in [5, 5.41) is 10.2. The van der Waals surface area contributed by atoms with Crippen molar-refractivity contribution in [3.63, 3.8) is 0 Å². The molecular weight excluding hydrogens is 258 g/mol. The summed E-state index contributed by atoms with van der Waals surface area (Å²) in [4.78, 5) is 20.5. The van der Waals surface area contributed by atoms with E-state index in [0.717, 1.165) is 25.0 Å². The van der Waals surface area contributed by atoms with E-state index in [0.29, 0.717) is 0 Å². The molecule has 1 aromatic rings. The minimum absolute atomic E-state index is 0.139. The molecule has 0 radical (unpaired) electrons. The average Bonchev–Trinajstić information content (AvgIpc) is 2.97. The van der Waals surface area contributed by atoms with Crippen LogP contribution in [-0.2, 0) is 9.53 Å². The van der Waals surface area contributed by atoms with Crippen LogP contribution in [0, 0.1) is 0 Å². The highest BCUT2D eigenvalue weighted by molar-refractivity contribution is 5.91. The molecule has 6 heteroatoms. The summed E-state index contributed by atoms with van der Waals surface area (Å²) >= 11 is 0. The predicted octanol–water partition coefficient (Wildman–Crippen LogP) is 0.810. The number of amides is 1. The second-order valence-corrected chi connectivity index (χ2v) is 5.05. The third-order valence-electron chi connectivity index (χ3n) is 3.84. The number of aromatic nitrogens is 2. The van der Waals surface area contributed by atoms with Crippen LogP contribution in [0.3, 0.4) is 0 Å². The molecule has 20 heavy (non-hydrogen) atoms. The zero-order valence-electron chi connectivity index (χ0n) is 11.8. The maximum Gasteiger partial charge on any atom is 0.246 e. The van der Waals surface area contributed by atoms with Crippen LogP contribution in [0.15, 0.2) is 18.6 Å². The van der Waals surface area contributed by atoms with Gasteiger partial charge in [-0.2, -0.15) is 0 Å². The molecule has 0 saturated heterocycles. The molecule has 0 aliphatic heterocycles. The number of aliphatic hydroxyl groups excluding tert-OH is 1. The number of ether oxygens (including phenoxy) is 1. The van der Waals surface area contributed by atoms with E-state index >= 15 is 0 Å². The lowest BCUT2D eigenvalue weighted by Crippen LogP contribution is -2.51. The van der Waals surface area contributed by atoms with Gasteiger partial charge in [0.05, 0.1) is 30.4 Å². The first-order valence-corrected chi connectivity index (χ1v) is 6.77. The molecule has 0 aromatic carbocycles. The molecule has 1 aliphatic rings. The van der Waals surface area contributed by atoms with Crippen LogP contribution in [-0.4, -0.2) is 58.3 Å². The van der Waals surface area contributed by atoms with Crippen LogP contribution in [0.2, 0.25) is 0 Å². The Bertz CT molecular complexity index is 458. The van der Waals surface area contributed by atoms with Crippen molar-refractivity contribution in [3.05, 3.63) is 24.3 Å². The number of hydrogen-bond acceptors (Lipinski definition) is 4. The van der Waals surface area contributed by atoms with E-state index in [4.69, 9.17) is 4.74 Å². The van der Waals surface area contributed by atoms with Crippen molar-refractivity contribution in [2.45, 2.75) is 37.5 Å². The van der Waals surface area contributed by atoms with Gasteiger partial charge in [0.25, 0.3) is 0 Å². The van der Waals surface area contributed by atoms with E-state index in [1.54, 1.807) is 37.7 Å². The number of aromatic amines is 1. The normalized spacial score (nSPS) is 26.9. The SMILES string of the molecule is CO[C@@H]1CCC[C@@H](N(C)C(=O)/C=C/c2cnc[nH]2)[C@H]1O. The summed E-state index contributed by atoms with van der Waals surface area (Å²) in [5.74, 6) is -0.139. The number of carbonyl (C=O) groups excluding carboxylic acids is 1. The minimum atomic E-state index is -0.636. The zero-order valence-corrected chi connectivity index (χ0v) is 11.8. The minimum Gasteiger partial charge on any atom is -0.388 e. The number of aliphatic hydroxyl groups is 1.